The fourth-order valence-electron chi connectivity index (χ4n) is 3.42. The molecule has 0 radical (unpaired) electrons. The SMILES string of the molecule is CC[C@H](C(=O)N[C@@H](C)CC)N(Cc1cccc(OC)c1)C(=O)CCCSc1ccc(Cl)cc1. The van der Waals surface area contributed by atoms with E-state index in [1.165, 1.54) is 0 Å². The lowest BCUT2D eigenvalue weighted by molar-refractivity contribution is -0.141. The molecule has 33 heavy (non-hydrogen) atoms. The first-order valence-electron chi connectivity index (χ1n) is 11.5. The van der Waals surface area contributed by atoms with E-state index in [1.54, 1.807) is 23.8 Å². The number of hydrogen-bond acceptors (Lipinski definition) is 4. The molecule has 0 fully saturated rings. The lowest BCUT2D eigenvalue weighted by Gasteiger charge is -2.31. The topological polar surface area (TPSA) is 58.6 Å². The first kappa shape index (κ1) is 27.1. The molecule has 0 saturated heterocycles. The average Bonchev–Trinajstić information content (AvgIpc) is 2.82. The standard InChI is InChI=1S/C26H35ClN2O3S/c1-5-19(3)28-26(31)24(6-2)29(18-20-9-7-10-22(17-20)32-4)25(30)11-8-16-33-23-14-12-21(27)13-15-23/h7,9-10,12-15,17,19,24H,5-6,8,11,16,18H2,1-4H3,(H,28,31)/t19-,24+/m0/s1. The lowest BCUT2D eigenvalue weighted by atomic mass is 10.1. The Bertz CT molecular complexity index is 891. The summed E-state index contributed by atoms with van der Waals surface area (Å²) in [5, 5.41) is 3.76. The van der Waals surface area contributed by atoms with Gasteiger partial charge in [0.05, 0.1) is 7.11 Å². The monoisotopic (exact) mass is 490 g/mol. The minimum atomic E-state index is -0.512. The molecule has 0 aliphatic rings. The number of methoxy groups -OCH3 is 1. The van der Waals surface area contributed by atoms with E-state index in [4.69, 9.17) is 16.3 Å². The predicted octanol–water partition coefficient (Wildman–Crippen LogP) is 5.94. The first-order valence-corrected chi connectivity index (χ1v) is 12.8. The number of ether oxygens (including phenoxy) is 1. The number of benzene rings is 2. The molecule has 0 saturated carbocycles. The maximum Gasteiger partial charge on any atom is 0.243 e. The van der Waals surface area contributed by atoms with Crippen molar-refractivity contribution in [3.8, 4) is 5.75 Å². The molecule has 2 aromatic rings. The Balaban J connectivity index is 2.09. The predicted molar refractivity (Wildman–Crippen MR) is 137 cm³/mol. The summed E-state index contributed by atoms with van der Waals surface area (Å²) >= 11 is 7.64. The Labute approximate surface area is 207 Å². The van der Waals surface area contributed by atoms with Crippen LogP contribution in [0, 0.1) is 0 Å². The highest BCUT2D eigenvalue weighted by atomic mass is 35.5. The van der Waals surface area contributed by atoms with Crippen molar-refractivity contribution in [2.75, 3.05) is 12.9 Å². The largest absolute Gasteiger partial charge is 0.497 e. The van der Waals surface area contributed by atoms with Crippen molar-refractivity contribution in [1.29, 1.82) is 0 Å². The molecule has 2 rings (SSSR count). The number of amides is 2. The van der Waals surface area contributed by atoms with Crippen LogP contribution in [0.2, 0.25) is 5.02 Å². The second kappa shape index (κ2) is 14.2. The number of carbonyl (C=O) groups is 2. The smallest absolute Gasteiger partial charge is 0.243 e. The third-order valence-corrected chi connectivity index (χ3v) is 6.84. The van der Waals surface area contributed by atoms with Crippen LogP contribution >= 0.6 is 23.4 Å². The van der Waals surface area contributed by atoms with Crippen LogP contribution in [0.4, 0.5) is 0 Å². The van der Waals surface area contributed by atoms with Crippen LogP contribution in [-0.2, 0) is 16.1 Å². The van der Waals surface area contributed by atoms with Crippen molar-refractivity contribution in [2.45, 2.75) is 70.0 Å². The van der Waals surface area contributed by atoms with Gasteiger partial charge in [-0.05, 0) is 73.9 Å². The molecular formula is C26H35ClN2O3S. The van der Waals surface area contributed by atoms with Gasteiger partial charge in [-0.15, -0.1) is 11.8 Å². The Morgan fingerprint density at radius 2 is 1.85 bits per heavy atom. The van der Waals surface area contributed by atoms with Gasteiger partial charge in [-0.3, -0.25) is 9.59 Å². The van der Waals surface area contributed by atoms with E-state index in [0.29, 0.717) is 24.4 Å². The van der Waals surface area contributed by atoms with Crippen molar-refractivity contribution in [3.05, 3.63) is 59.1 Å². The Morgan fingerprint density at radius 3 is 2.48 bits per heavy atom. The zero-order valence-corrected chi connectivity index (χ0v) is 21.5. The number of thioether (sulfide) groups is 1. The molecule has 1 N–H and O–H groups in total. The third-order valence-electron chi connectivity index (χ3n) is 5.49. The Morgan fingerprint density at radius 1 is 1.12 bits per heavy atom. The van der Waals surface area contributed by atoms with Gasteiger partial charge in [-0.2, -0.15) is 0 Å². The molecular weight excluding hydrogens is 456 g/mol. The highest BCUT2D eigenvalue weighted by molar-refractivity contribution is 7.99. The van der Waals surface area contributed by atoms with Gasteiger partial charge >= 0.3 is 0 Å². The summed E-state index contributed by atoms with van der Waals surface area (Å²) in [6.45, 7) is 6.33. The molecule has 2 aromatic carbocycles. The zero-order valence-electron chi connectivity index (χ0n) is 20.0. The van der Waals surface area contributed by atoms with Gasteiger partial charge < -0.3 is 15.0 Å². The molecule has 0 aliphatic carbocycles. The van der Waals surface area contributed by atoms with Gasteiger partial charge in [0.25, 0.3) is 0 Å². The zero-order chi connectivity index (χ0) is 24.2. The molecule has 0 aromatic heterocycles. The maximum atomic E-state index is 13.3. The van der Waals surface area contributed by atoms with Crippen LogP contribution in [0.1, 0.15) is 52.0 Å². The summed E-state index contributed by atoms with van der Waals surface area (Å²) in [4.78, 5) is 29.2. The van der Waals surface area contributed by atoms with E-state index < -0.39 is 6.04 Å². The number of rotatable bonds is 13. The van der Waals surface area contributed by atoms with E-state index in [2.05, 4.69) is 5.32 Å². The summed E-state index contributed by atoms with van der Waals surface area (Å²) in [7, 11) is 1.62. The minimum Gasteiger partial charge on any atom is -0.497 e. The molecule has 2 atom stereocenters. The van der Waals surface area contributed by atoms with E-state index in [-0.39, 0.29) is 17.9 Å². The van der Waals surface area contributed by atoms with E-state index in [1.807, 2.05) is 69.3 Å². The number of halogens is 1. The second-order valence-corrected chi connectivity index (χ2v) is 9.63. The molecule has 0 bridgehead atoms. The molecule has 5 nitrogen and oxygen atoms in total. The fourth-order valence-corrected chi connectivity index (χ4v) is 4.39. The Hall–Kier alpha value is -2.18. The number of nitrogens with zero attached hydrogens (tertiary/aromatic N) is 1. The molecule has 7 heteroatoms. The van der Waals surface area contributed by atoms with E-state index >= 15 is 0 Å². The number of carbonyl (C=O) groups excluding carboxylic acids is 2. The van der Waals surface area contributed by atoms with Crippen LogP contribution in [0.15, 0.2) is 53.4 Å². The van der Waals surface area contributed by atoms with Crippen molar-refractivity contribution in [2.24, 2.45) is 0 Å². The van der Waals surface area contributed by atoms with Gasteiger partial charge in [0, 0.05) is 28.9 Å². The van der Waals surface area contributed by atoms with Crippen molar-refractivity contribution in [3.63, 3.8) is 0 Å². The maximum absolute atomic E-state index is 13.3. The molecule has 0 heterocycles. The normalized spacial score (nSPS) is 12.6. The van der Waals surface area contributed by atoms with Gasteiger partial charge in [-0.25, -0.2) is 0 Å². The van der Waals surface area contributed by atoms with Crippen LogP contribution in [0.3, 0.4) is 0 Å². The van der Waals surface area contributed by atoms with Crippen molar-refractivity contribution in [1.82, 2.24) is 10.2 Å². The lowest BCUT2D eigenvalue weighted by Crippen LogP contribution is -2.50. The van der Waals surface area contributed by atoms with Crippen LogP contribution in [0.5, 0.6) is 5.75 Å². The summed E-state index contributed by atoms with van der Waals surface area (Å²) < 4.78 is 5.33. The molecule has 2 amide bonds. The number of hydrogen-bond donors (Lipinski definition) is 1. The number of nitrogens with one attached hydrogen (secondary N) is 1. The second-order valence-electron chi connectivity index (χ2n) is 8.02. The quantitative estimate of drug-likeness (QED) is 0.278. The third kappa shape index (κ3) is 8.94. The summed E-state index contributed by atoms with van der Waals surface area (Å²) in [5.41, 5.74) is 0.938. The van der Waals surface area contributed by atoms with Gasteiger partial charge in [0.15, 0.2) is 0 Å². The summed E-state index contributed by atoms with van der Waals surface area (Å²) in [5.74, 6) is 1.44. The average molecular weight is 491 g/mol. The van der Waals surface area contributed by atoms with Crippen LogP contribution < -0.4 is 10.1 Å². The molecule has 0 unspecified atom stereocenters. The van der Waals surface area contributed by atoms with Crippen LogP contribution in [-0.4, -0.2) is 41.7 Å². The van der Waals surface area contributed by atoms with Gasteiger partial charge in [-0.1, -0.05) is 37.6 Å². The summed E-state index contributed by atoms with van der Waals surface area (Å²) in [6, 6.07) is 14.9. The highest BCUT2D eigenvalue weighted by Gasteiger charge is 2.29. The highest BCUT2D eigenvalue weighted by Crippen LogP contribution is 2.23. The first-order chi connectivity index (χ1) is 15.9. The van der Waals surface area contributed by atoms with Crippen molar-refractivity contribution >= 4 is 35.2 Å². The Kier molecular flexibility index (Phi) is 11.6. The fraction of sp³-hybridized carbons (Fsp3) is 0.462. The van der Waals surface area contributed by atoms with E-state index in [9.17, 15) is 9.59 Å². The van der Waals surface area contributed by atoms with Crippen molar-refractivity contribution < 1.29 is 14.3 Å². The minimum absolute atomic E-state index is 0.0133. The molecule has 0 spiro atoms. The van der Waals surface area contributed by atoms with Gasteiger partial charge in [0.1, 0.15) is 11.8 Å². The van der Waals surface area contributed by atoms with E-state index in [0.717, 1.165) is 34.8 Å². The van der Waals surface area contributed by atoms with Crippen LogP contribution in [0.25, 0.3) is 0 Å². The summed E-state index contributed by atoms with van der Waals surface area (Å²) in [6.07, 6.45) is 2.51. The molecule has 0 aliphatic heterocycles. The van der Waals surface area contributed by atoms with Gasteiger partial charge in [0.2, 0.25) is 11.8 Å². The molecule has 180 valence electrons.